The Labute approximate surface area is 121 Å². The molecule has 1 saturated carbocycles. The topological polar surface area (TPSA) is 14.1 Å². The maximum absolute atomic E-state index is 4.89. The first-order valence-corrected chi connectivity index (χ1v) is 12.8. The van der Waals surface area contributed by atoms with E-state index in [1.54, 1.807) is 0 Å². The van der Waals surface area contributed by atoms with Crippen LogP contribution in [-0.2, 0) is 17.0 Å². The van der Waals surface area contributed by atoms with Gasteiger partial charge in [0.25, 0.3) is 0 Å². The van der Waals surface area contributed by atoms with Crippen molar-refractivity contribution in [1.29, 1.82) is 0 Å². The fraction of sp³-hybridized carbons (Fsp3) is 0.909. The minimum absolute atomic E-state index is 0. The summed E-state index contributed by atoms with van der Waals surface area (Å²) in [5, 5.41) is 0. The van der Waals surface area contributed by atoms with Crippen molar-refractivity contribution in [3.63, 3.8) is 0 Å². The Morgan fingerprint density at radius 2 is 1.25 bits per heavy atom. The minimum atomic E-state index is -0.603. The molecule has 0 aromatic heterocycles. The summed E-state index contributed by atoms with van der Waals surface area (Å²) in [7, 11) is 9.17. The van der Waals surface area contributed by atoms with Crippen molar-refractivity contribution in [3.8, 4) is 0 Å². The second-order valence-corrected chi connectivity index (χ2v) is 9.24. The maximum atomic E-state index is 4.89. The average molecular weight is 320 g/mol. The molecule has 0 aromatic rings. The summed E-state index contributed by atoms with van der Waals surface area (Å²) in [6.07, 6.45) is 7.50. The summed E-state index contributed by atoms with van der Waals surface area (Å²) in [5.74, 6) is 0. The standard InChI is InChI=1S/C5H14NSi.C5H10.CH3.2ClH.Ti/c1-5(2)6-7(3)4;1-2-4-5-3-1;;;;/h5,7H,1-4H3;1-5H2;1H3;2*1H;/q-1;;-1;;;+2/p-2. The second kappa shape index (κ2) is 18.8. The average Bonchev–Trinajstić information content (AvgIpc) is 2.58. The van der Waals surface area contributed by atoms with Crippen LogP contribution in [0.5, 0.6) is 0 Å². The molecular formula is C11H27Cl2NSiTi-2. The van der Waals surface area contributed by atoms with Crippen LogP contribution < -0.4 is 0 Å². The van der Waals surface area contributed by atoms with Gasteiger partial charge in [0.2, 0.25) is 0 Å². The van der Waals surface area contributed by atoms with Crippen molar-refractivity contribution in [2.75, 3.05) is 0 Å². The van der Waals surface area contributed by atoms with Crippen LogP contribution in [0.4, 0.5) is 0 Å². The zero-order valence-corrected chi connectivity index (χ0v) is 15.6. The van der Waals surface area contributed by atoms with E-state index in [-0.39, 0.29) is 7.43 Å². The molecule has 1 aliphatic rings. The summed E-state index contributed by atoms with van der Waals surface area (Å²) in [4.78, 5) is 4.42. The Morgan fingerprint density at radius 3 is 1.31 bits per heavy atom. The first-order chi connectivity index (χ1) is 7.04. The molecule has 0 unspecified atom stereocenters. The van der Waals surface area contributed by atoms with E-state index >= 15 is 0 Å². The van der Waals surface area contributed by atoms with Crippen molar-refractivity contribution >= 4 is 27.6 Å². The molecule has 1 nitrogen and oxygen atoms in total. The molecule has 0 saturated heterocycles. The number of rotatable bonds is 2. The van der Waals surface area contributed by atoms with Crippen LogP contribution >= 0.6 is 18.6 Å². The van der Waals surface area contributed by atoms with Gasteiger partial charge in [-0.2, -0.15) is 0 Å². The molecule has 0 aromatic carbocycles. The van der Waals surface area contributed by atoms with Gasteiger partial charge in [-0.25, -0.2) is 0 Å². The van der Waals surface area contributed by atoms with E-state index in [1.807, 2.05) is 0 Å². The fourth-order valence-electron chi connectivity index (χ4n) is 1.48. The van der Waals surface area contributed by atoms with Gasteiger partial charge in [-0.15, -0.1) is 6.04 Å². The van der Waals surface area contributed by atoms with Gasteiger partial charge in [0.05, 0.1) is 0 Å². The van der Waals surface area contributed by atoms with Crippen molar-refractivity contribution in [2.45, 2.75) is 65.1 Å². The van der Waals surface area contributed by atoms with Crippen LogP contribution in [0.2, 0.25) is 13.1 Å². The van der Waals surface area contributed by atoms with Gasteiger partial charge >= 0.3 is 35.6 Å². The molecule has 0 spiro atoms. The molecule has 0 atom stereocenters. The van der Waals surface area contributed by atoms with E-state index in [0.717, 1.165) is 0 Å². The molecule has 0 radical (unpaired) electrons. The number of halogens is 2. The van der Waals surface area contributed by atoms with E-state index in [1.165, 1.54) is 32.1 Å². The first-order valence-electron chi connectivity index (χ1n) is 5.70. The second-order valence-electron chi connectivity index (χ2n) is 4.18. The van der Waals surface area contributed by atoms with Crippen LogP contribution in [0.15, 0.2) is 0 Å². The first kappa shape index (κ1) is 22.6. The monoisotopic (exact) mass is 319 g/mol. The quantitative estimate of drug-likeness (QED) is 0.469. The summed E-state index contributed by atoms with van der Waals surface area (Å²) in [5.41, 5.74) is 0. The number of hydrogen-bond donors (Lipinski definition) is 0. The fourth-order valence-corrected chi connectivity index (χ4v) is 2.67. The van der Waals surface area contributed by atoms with E-state index in [2.05, 4.69) is 31.9 Å². The molecule has 0 aliphatic heterocycles. The van der Waals surface area contributed by atoms with Crippen LogP contribution in [0.3, 0.4) is 0 Å². The van der Waals surface area contributed by atoms with Crippen molar-refractivity contribution in [1.82, 2.24) is 0 Å². The van der Waals surface area contributed by atoms with Crippen molar-refractivity contribution in [3.05, 3.63) is 12.4 Å². The summed E-state index contributed by atoms with van der Waals surface area (Å²) in [6, 6.07) is 0.562. The molecule has 0 heterocycles. The van der Waals surface area contributed by atoms with Crippen LogP contribution in [0.1, 0.15) is 46.0 Å². The molecule has 1 fully saturated rings. The summed E-state index contributed by atoms with van der Waals surface area (Å²) >= 11 is -0.556. The van der Waals surface area contributed by atoms with E-state index in [9.17, 15) is 0 Å². The predicted molar refractivity (Wildman–Crippen MR) is 78.6 cm³/mol. The molecule has 16 heavy (non-hydrogen) atoms. The third kappa shape index (κ3) is 29.5. The van der Waals surface area contributed by atoms with Gasteiger partial charge in [-0.1, -0.05) is 68.0 Å². The summed E-state index contributed by atoms with van der Waals surface area (Å²) in [6.45, 7) is 8.74. The van der Waals surface area contributed by atoms with E-state index in [4.69, 9.17) is 18.6 Å². The normalized spacial score (nSPS) is 13.2. The third-order valence-corrected chi connectivity index (χ3v) is 3.04. The molecule has 0 bridgehead atoms. The Bertz CT molecular complexity index is 98.5. The van der Waals surface area contributed by atoms with Gasteiger partial charge in [0.1, 0.15) is 0 Å². The molecular weight excluding hydrogens is 293 g/mol. The van der Waals surface area contributed by atoms with Crippen LogP contribution in [0, 0.1) is 7.43 Å². The van der Waals surface area contributed by atoms with E-state index in [0.29, 0.717) is 6.04 Å². The van der Waals surface area contributed by atoms with Crippen molar-refractivity contribution < 1.29 is 17.0 Å². The van der Waals surface area contributed by atoms with Gasteiger partial charge in [0.15, 0.2) is 0 Å². The number of hydrogen-bond acceptors (Lipinski definition) is 0. The van der Waals surface area contributed by atoms with Crippen molar-refractivity contribution in [2.24, 2.45) is 0 Å². The van der Waals surface area contributed by atoms with Gasteiger partial charge < -0.3 is 12.4 Å². The van der Waals surface area contributed by atoms with Gasteiger partial charge in [-0.3, -0.25) is 0 Å². The predicted octanol–water partition coefficient (Wildman–Crippen LogP) is 5.53. The van der Waals surface area contributed by atoms with E-state index < -0.39 is 26.0 Å². The molecule has 0 amide bonds. The summed E-state index contributed by atoms with van der Waals surface area (Å²) < 4.78 is 0. The zero-order valence-electron chi connectivity index (χ0n) is 11.4. The molecule has 100 valence electrons. The van der Waals surface area contributed by atoms with Gasteiger partial charge in [-0.05, 0) is 0 Å². The van der Waals surface area contributed by atoms with Crippen LogP contribution in [-0.4, -0.2) is 15.0 Å². The van der Waals surface area contributed by atoms with Gasteiger partial charge in [0, 0.05) is 0 Å². The molecule has 5 heteroatoms. The SMILES string of the molecule is C1CCCC1.CC(C)[N-][SiH](C)C.[CH3-].[Cl][Ti][Cl]. The molecule has 1 aliphatic carbocycles. The Balaban J connectivity index is -0.000000166. The number of nitrogens with zero attached hydrogens (tertiary/aromatic N) is 1. The Kier molecular flexibility index (Phi) is 26.6. The molecule has 1 rings (SSSR count). The Hall–Kier alpha value is 1.47. The molecule has 0 N–H and O–H groups in total. The Morgan fingerprint density at radius 1 is 1.00 bits per heavy atom. The third-order valence-electron chi connectivity index (χ3n) is 1.85. The zero-order chi connectivity index (χ0) is 12.1. The van der Waals surface area contributed by atoms with Crippen LogP contribution in [0.25, 0.3) is 4.98 Å².